The molecule has 0 saturated carbocycles. The molecular weight excluding hydrogens is 240 g/mol. The predicted octanol–water partition coefficient (Wildman–Crippen LogP) is 1.44. The fourth-order valence-corrected chi connectivity index (χ4v) is 2.01. The number of carbonyl (C=O) groups is 1. The van der Waals surface area contributed by atoms with Crippen molar-refractivity contribution < 1.29 is 18.3 Å². The normalized spacial score (nSPS) is 27.4. The Kier molecular flexibility index (Phi) is 3.45. The summed E-state index contributed by atoms with van der Waals surface area (Å²) in [7, 11) is 0. The predicted molar refractivity (Wildman–Crippen MR) is 62.0 cm³/mol. The van der Waals surface area contributed by atoms with Gasteiger partial charge in [0.1, 0.15) is 5.78 Å². The van der Waals surface area contributed by atoms with E-state index in [1.54, 1.807) is 6.92 Å². The lowest BCUT2D eigenvalue weighted by Gasteiger charge is -2.25. The summed E-state index contributed by atoms with van der Waals surface area (Å²) in [6, 6.07) is 3.11. The molecule has 1 fully saturated rings. The van der Waals surface area contributed by atoms with Crippen molar-refractivity contribution in [1.29, 1.82) is 0 Å². The maximum atomic E-state index is 13.0. The molecule has 0 amide bonds. The highest BCUT2D eigenvalue weighted by Gasteiger charge is 2.43. The molecule has 2 unspecified atom stereocenters. The van der Waals surface area contributed by atoms with Gasteiger partial charge in [-0.2, -0.15) is 0 Å². The number of ether oxygens (including phenoxy) is 1. The summed E-state index contributed by atoms with van der Waals surface area (Å²) in [6.07, 6.45) is 0.0325. The van der Waals surface area contributed by atoms with Crippen LogP contribution in [-0.2, 0) is 16.0 Å². The van der Waals surface area contributed by atoms with Crippen LogP contribution in [0.3, 0.4) is 0 Å². The molecule has 1 saturated heterocycles. The van der Waals surface area contributed by atoms with Crippen molar-refractivity contribution in [2.24, 2.45) is 11.1 Å². The Hall–Kier alpha value is -1.33. The first-order chi connectivity index (χ1) is 8.43. The number of benzene rings is 1. The van der Waals surface area contributed by atoms with Crippen LogP contribution in [-0.4, -0.2) is 25.0 Å². The molecule has 2 N–H and O–H groups in total. The molecule has 2 atom stereocenters. The van der Waals surface area contributed by atoms with Gasteiger partial charge >= 0.3 is 0 Å². The molecule has 1 aliphatic rings. The molecule has 98 valence electrons. The van der Waals surface area contributed by atoms with Crippen molar-refractivity contribution in [2.75, 3.05) is 13.2 Å². The second-order valence-corrected chi connectivity index (χ2v) is 4.89. The van der Waals surface area contributed by atoms with Crippen molar-refractivity contribution >= 4 is 5.78 Å². The highest BCUT2D eigenvalue weighted by atomic mass is 19.2. The van der Waals surface area contributed by atoms with Crippen LogP contribution in [0.1, 0.15) is 12.5 Å². The molecule has 1 heterocycles. The van der Waals surface area contributed by atoms with E-state index in [1.165, 1.54) is 6.07 Å². The monoisotopic (exact) mass is 255 g/mol. The highest BCUT2D eigenvalue weighted by molar-refractivity contribution is 5.87. The molecule has 1 aromatic carbocycles. The molecule has 0 radical (unpaired) electrons. The van der Waals surface area contributed by atoms with Crippen LogP contribution in [0.25, 0.3) is 0 Å². The lowest BCUT2D eigenvalue weighted by atomic mass is 9.79. The number of ketones is 1. The van der Waals surface area contributed by atoms with Gasteiger partial charge in [-0.05, 0) is 24.6 Å². The first-order valence-electron chi connectivity index (χ1n) is 5.74. The summed E-state index contributed by atoms with van der Waals surface area (Å²) in [6.45, 7) is 2.36. The first-order valence-corrected chi connectivity index (χ1v) is 5.74. The van der Waals surface area contributed by atoms with Crippen LogP contribution in [0, 0.1) is 17.0 Å². The van der Waals surface area contributed by atoms with Gasteiger partial charge in [0.15, 0.2) is 11.6 Å². The van der Waals surface area contributed by atoms with Crippen LogP contribution < -0.4 is 5.73 Å². The minimum Gasteiger partial charge on any atom is -0.379 e. The van der Waals surface area contributed by atoms with Crippen LogP contribution in [0.2, 0.25) is 0 Å². The van der Waals surface area contributed by atoms with Gasteiger partial charge in [-0.25, -0.2) is 8.78 Å². The molecule has 1 aliphatic heterocycles. The van der Waals surface area contributed by atoms with Crippen LogP contribution in [0.5, 0.6) is 0 Å². The number of nitrogens with two attached hydrogens (primary N) is 1. The van der Waals surface area contributed by atoms with Gasteiger partial charge in [-0.15, -0.1) is 0 Å². The zero-order valence-corrected chi connectivity index (χ0v) is 10.1. The molecule has 18 heavy (non-hydrogen) atoms. The highest BCUT2D eigenvalue weighted by Crippen LogP contribution is 2.29. The second-order valence-electron chi connectivity index (χ2n) is 4.89. The molecule has 0 aromatic heterocycles. The lowest BCUT2D eigenvalue weighted by molar-refractivity contribution is -0.127. The fraction of sp³-hybridized carbons (Fsp3) is 0.462. The third kappa shape index (κ3) is 2.28. The van der Waals surface area contributed by atoms with Crippen LogP contribution in [0.15, 0.2) is 18.2 Å². The third-order valence-electron chi connectivity index (χ3n) is 3.50. The van der Waals surface area contributed by atoms with E-state index in [1.807, 2.05) is 0 Å². The number of halogens is 2. The fourth-order valence-electron chi connectivity index (χ4n) is 2.01. The lowest BCUT2D eigenvalue weighted by Crippen LogP contribution is -2.45. The molecular formula is C13H15F2NO2. The molecule has 0 aliphatic carbocycles. The van der Waals surface area contributed by atoms with Crippen LogP contribution >= 0.6 is 0 Å². The van der Waals surface area contributed by atoms with E-state index < -0.39 is 17.0 Å². The van der Waals surface area contributed by atoms with Crippen molar-refractivity contribution in [1.82, 2.24) is 0 Å². The molecule has 1 aromatic rings. The smallest absolute Gasteiger partial charge is 0.159 e. The number of hydrogen-bond donors (Lipinski definition) is 1. The van der Waals surface area contributed by atoms with E-state index in [4.69, 9.17) is 10.5 Å². The standard InChI is InChI=1S/C13H15F2NO2/c1-13(7-18-6-11(13)16)12(17)5-8-2-3-9(14)10(15)4-8/h2-4,11H,5-7,16H2,1H3. The minimum absolute atomic E-state index is 0.0325. The zero-order chi connectivity index (χ0) is 13.3. The minimum atomic E-state index is -0.947. The SMILES string of the molecule is CC1(C(=O)Cc2ccc(F)c(F)c2)COCC1N. The number of rotatable bonds is 3. The maximum Gasteiger partial charge on any atom is 0.159 e. The Balaban J connectivity index is 2.14. The van der Waals surface area contributed by atoms with E-state index in [0.29, 0.717) is 12.2 Å². The maximum absolute atomic E-state index is 13.0. The van der Waals surface area contributed by atoms with Crippen molar-refractivity contribution in [2.45, 2.75) is 19.4 Å². The average molecular weight is 255 g/mol. The van der Waals surface area contributed by atoms with E-state index in [2.05, 4.69) is 0 Å². The van der Waals surface area contributed by atoms with E-state index >= 15 is 0 Å². The Bertz CT molecular complexity index is 478. The van der Waals surface area contributed by atoms with Crippen molar-refractivity contribution in [3.63, 3.8) is 0 Å². The van der Waals surface area contributed by atoms with Gasteiger partial charge in [0.2, 0.25) is 0 Å². The zero-order valence-electron chi connectivity index (χ0n) is 10.1. The summed E-state index contributed by atoms with van der Waals surface area (Å²) in [5.41, 5.74) is 5.54. The van der Waals surface area contributed by atoms with Gasteiger partial charge in [0.05, 0.1) is 18.6 Å². The van der Waals surface area contributed by atoms with E-state index in [0.717, 1.165) is 12.1 Å². The molecule has 0 bridgehead atoms. The Morgan fingerprint density at radius 1 is 1.50 bits per heavy atom. The summed E-state index contributed by atoms with van der Waals surface area (Å²) in [5, 5.41) is 0. The number of carbonyl (C=O) groups excluding carboxylic acids is 1. The second kappa shape index (κ2) is 4.74. The summed E-state index contributed by atoms with van der Waals surface area (Å²) in [4.78, 5) is 12.2. The van der Waals surface area contributed by atoms with E-state index in [9.17, 15) is 13.6 Å². The largest absolute Gasteiger partial charge is 0.379 e. The van der Waals surface area contributed by atoms with E-state index in [-0.39, 0.29) is 24.9 Å². The Morgan fingerprint density at radius 2 is 2.22 bits per heavy atom. The third-order valence-corrected chi connectivity index (χ3v) is 3.50. The number of Topliss-reactive ketones (excluding diaryl/α,β-unsaturated/α-hetero) is 1. The van der Waals surface area contributed by atoms with Gasteiger partial charge < -0.3 is 10.5 Å². The van der Waals surface area contributed by atoms with Gasteiger partial charge in [0, 0.05) is 12.5 Å². The van der Waals surface area contributed by atoms with Gasteiger partial charge in [-0.1, -0.05) is 6.07 Å². The quantitative estimate of drug-likeness (QED) is 0.889. The van der Waals surface area contributed by atoms with Crippen LogP contribution in [0.4, 0.5) is 8.78 Å². The van der Waals surface area contributed by atoms with Gasteiger partial charge in [-0.3, -0.25) is 4.79 Å². The van der Waals surface area contributed by atoms with Gasteiger partial charge in [0.25, 0.3) is 0 Å². The summed E-state index contributed by atoms with van der Waals surface area (Å²) < 4.78 is 31.0. The number of hydrogen-bond acceptors (Lipinski definition) is 3. The Labute approximate surface area is 104 Å². The van der Waals surface area contributed by atoms with Crippen molar-refractivity contribution in [3.05, 3.63) is 35.4 Å². The summed E-state index contributed by atoms with van der Waals surface area (Å²) in [5.74, 6) is -1.98. The molecule has 5 heteroatoms. The first kappa shape index (κ1) is 13.1. The Morgan fingerprint density at radius 3 is 2.78 bits per heavy atom. The summed E-state index contributed by atoms with van der Waals surface area (Å²) >= 11 is 0. The average Bonchev–Trinajstić information content (AvgIpc) is 2.66. The topological polar surface area (TPSA) is 52.3 Å². The molecule has 2 rings (SSSR count). The molecule has 3 nitrogen and oxygen atoms in total. The van der Waals surface area contributed by atoms with Crippen molar-refractivity contribution in [3.8, 4) is 0 Å². The molecule has 0 spiro atoms.